The van der Waals surface area contributed by atoms with E-state index >= 15 is 0 Å². The van der Waals surface area contributed by atoms with Crippen molar-refractivity contribution in [3.05, 3.63) is 132 Å². The lowest BCUT2D eigenvalue weighted by atomic mass is 10.0. The first-order valence-corrected chi connectivity index (χ1v) is 12.4. The van der Waals surface area contributed by atoms with Crippen LogP contribution in [-0.2, 0) is 0 Å². The third kappa shape index (κ3) is 3.93. The fourth-order valence-electron chi connectivity index (χ4n) is 4.15. The molecule has 4 rings (SSSR count). The number of benzene rings is 4. The Bertz CT molecular complexity index is 1010. The van der Waals surface area contributed by atoms with Gasteiger partial charge in [-0.1, -0.05) is 127 Å². The summed E-state index contributed by atoms with van der Waals surface area (Å²) in [4.78, 5) is 0. The van der Waals surface area contributed by atoms with Crippen molar-refractivity contribution in [1.82, 2.24) is 0 Å². The van der Waals surface area contributed by atoms with Crippen LogP contribution in [0.25, 0.3) is 6.08 Å². The summed E-state index contributed by atoms with van der Waals surface area (Å²) in [5.41, 5.74) is 4.42. The van der Waals surface area contributed by atoms with Crippen LogP contribution in [0.15, 0.2) is 121 Å². The maximum Gasteiger partial charge on any atom is 0.172 e. The highest BCUT2D eigenvalue weighted by Crippen LogP contribution is 2.20. The second-order valence-electron chi connectivity index (χ2n) is 7.54. The zero-order valence-electron chi connectivity index (χ0n) is 17.1. The molecule has 4 aromatic rings. The monoisotopic (exact) mass is 406 g/mol. The van der Waals surface area contributed by atoms with Crippen LogP contribution in [0.5, 0.6) is 0 Å². The van der Waals surface area contributed by atoms with E-state index in [0.29, 0.717) is 0 Å². The van der Waals surface area contributed by atoms with E-state index in [2.05, 4.69) is 109 Å². The Morgan fingerprint density at radius 3 is 1.43 bits per heavy atom. The van der Waals surface area contributed by atoms with E-state index in [-0.39, 0.29) is 0 Å². The number of hydrogen-bond acceptors (Lipinski definition) is 1. The van der Waals surface area contributed by atoms with E-state index < -0.39 is 14.2 Å². The summed E-state index contributed by atoms with van der Waals surface area (Å²) >= 11 is 0. The molecule has 148 valence electrons. The lowest BCUT2D eigenvalue weighted by Crippen LogP contribution is -2.66. The predicted molar refractivity (Wildman–Crippen MR) is 130 cm³/mol. The van der Waals surface area contributed by atoms with Gasteiger partial charge in [0.25, 0.3) is 0 Å². The van der Waals surface area contributed by atoms with Crippen molar-refractivity contribution in [2.24, 2.45) is 0 Å². The highest BCUT2D eigenvalue weighted by atomic mass is 28.3. The summed E-state index contributed by atoms with van der Waals surface area (Å²) in [6, 6.07) is 40.6. The minimum Gasteiger partial charge on any atom is -0.389 e. The van der Waals surface area contributed by atoms with Crippen molar-refractivity contribution in [2.45, 2.75) is 13.0 Å². The molecule has 4 aromatic carbocycles. The Kier molecular flexibility index (Phi) is 6.08. The van der Waals surface area contributed by atoms with Crippen molar-refractivity contribution in [3.63, 3.8) is 0 Å². The van der Waals surface area contributed by atoms with Crippen LogP contribution in [0.1, 0.15) is 24.2 Å². The molecule has 0 saturated carbocycles. The third-order valence-corrected chi connectivity index (χ3v) is 10.0. The third-order valence-electron chi connectivity index (χ3n) is 5.65. The van der Waals surface area contributed by atoms with Crippen LogP contribution >= 0.6 is 0 Å². The van der Waals surface area contributed by atoms with Gasteiger partial charge in [0.15, 0.2) is 8.07 Å². The molecule has 30 heavy (non-hydrogen) atoms. The van der Waals surface area contributed by atoms with Gasteiger partial charge in [0.05, 0.1) is 6.10 Å². The fraction of sp³-hybridized carbons (Fsp3) is 0.0714. The molecule has 1 atom stereocenters. The lowest BCUT2D eigenvalue weighted by molar-refractivity contribution is 0.199. The molecule has 0 aliphatic carbocycles. The summed E-state index contributed by atoms with van der Waals surface area (Å²) in [5.74, 6) is 0. The summed E-state index contributed by atoms with van der Waals surface area (Å²) in [7, 11) is -2.43. The molecule has 1 nitrogen and oxygen atoms in total. The minimum atomic E-state index is -2.43. The molecular formula is C28H26OSi. The van der Waals surface area contributed by atoms with Crippen molar-refractivity contribution < 1.29 is 5.11 Å². The van der Waals surface area contributed by atoms with Crippen LogP contribution in [0, 0.1) is 0 Å². The van der Waals surface area contributed by atoms with Crippen molar-refractivity contribution in [2.75, 3.05) is 0 Å². The van der Waals surface area contributed by atoms with Gasteiger partial charge in [-0.25, -0.2) is 0 Å². The van der Waals surface area contributed by atoms with Gasteiger partial charge >= 0.3 is 0 Å². The Hall–Kier alpha value is -3.20. The van der Waals surface area contributed by atoms with Crippen molar-refractivity contribution in [1.29, 1.82) is 0 Å². The standard InChI is InChI=1S/C28H26OSi/c1-23(29)28-20-12-11-13-24(28)21-22-30(25-14-5-2-6-15-25,26-16-7-3-8-17-26)27-18-9-4-10-19-27/h2-23,29H,1H3/b22-21+. The van der Waals surface area contributed by atoms with E-state index in [1.165, 1.54) is 15.6 Å². The molecule has 0 spiro atoms. The fourth-order valence-corrected chi connectivity index (χ4v) is 8.31. The van der Waals surface area contributed by atoms with E-state index in [1.54, 1.807) is 0 Å². The van der Waals surface area contributed by atoms with Gasteiger partial charge < -0.3 is 5.11 Å². The van der Waals surface area contributed by atoms with E-state index in [9.17, 15) is 5.11 Å². The molecule has 0 saturated heterocycles. The van der Waals surface area contributed by atoms with Gasteiger partial charge in [0.1, 0.15) is 0 Å². The van der Waals surface area contributed by atoms with E-state index in [1.807, 2.05) is 25.1 Å². The molecule has 0 aromatic heterocycles. The average molecular weight is 407 g/mol. The van der Waals surface area contributed by atoms with Gasteiger partial charge in [-0.3, -0.25) is 0 Å². The predicted octanol–water partition coefficient (Wildman–Crippen LogP) is 4.46. The topological polar surface area (TPSA) is 20.2 Å². The largest absolute Gasteiger partial charge is 0.389 e. The first-order chi connectivity index (χ1) is 14.7. The maximum absolute atomic E-state index is 10.3. The summed E-state index contributed by atoms with van der Waals surface area (Å²) in [6.45, 7) is 1.82. The second-order valence-corrected chi connectivity index (χ2v) is 11.2. The Morgan fingerprint density at radius 1 is 0.600 bits per heavy atom. The molecule has 1 unspecified atom stereocenters. The number of aliphatic hydroxyl groups excluding tert-OH is 1. The maximum atomic E-state index is 10.3. The van der Waals surface area contributed by atoms with Crippen molar-refractivity contribution >= 4 is 29.7 Å². The minimum absolute atomic E-state index is 0.507. The first-order valence-electron chi connectivity index (χ1n) is 10.3. The van der Waals surface area contributed by atoms with Gasteiger partial charge in [-0.05, 0) is 33.6 Å². The van der Waals surface area contributed by atoms with Crippen LogP contribution in [0.3, 0.4) is 0 Å². The number of hydrogen-bond donors (Lipinski definition) is 1. The smallest absolute Gasteiger partial charge is 0.172 e. The van der Waals surface area contributed by atoms with Gasteiger partial charge in [-0.15, -0.1) is 0 Å². The zero-order valence-corrected chi connectivity index (χ0v) is 18.1. The van der Waals surface area contributed by atoms with Gasteiger partial charge in [-0.2, -0.15) is 0 Å². The number of rotatable bonds is 6. The van der Waals surface area contributed by atoms with E-state index in [0.717, 1.165) is 11.1 Å². The van der Waals surface area contributed by atoms with E-state index in [4.69, 9.17) is 0 Å². The molecule has 0 fully saturated rings. The molecular weight excluding hydrogens is 380 g/mol. The molecule has 0 bridgehead atoms. The highest BCUT2D eigenvalue weighted by Gasteiger charge is 2.36. The molecule has 1 N–H and O–H groups in total. The Balaban J connectivity index is 1.99. The van der Waals surface area contributed by atoms with Gasteiger partial charge in [0.2, 0.25) is 0 Å². The first kappa shape index (κ1) is 20.1. The summed E-state index contributed by atoms with van der Waals surface area (Å²) in [5, 5.41) is 14.3. The van der Waals surface area contributed by atoms with Crippen LogP contribution in [0.2, 0.25) is 0 Å². The molecule has 0 heterocycles. The average Bonchev–Trinajstić information content (AvgIpc) is 2.82. The summed E-state index contributed by atoms with van der Waals surface area (Å²) < 4.78 is 0. The van der Waals surface area contributed by atoms with Gasteiger partial charge in [0, 0.05) is 0 Å². The highest BCUT2D eigenvalue weighted by molar-refractivity contribution is 7.15. The lowest BCUT2D eigenvalue weighted by Gasteiger charge is -2.31. The summed E-state index contributed by atoms with van der Waals surface area (Å²) in [6.07, 6.45) is 1.70. The van der Waals surface area contributed by atoms with Crippen LogP contribution in [0.4, 0.5) is 0 Å². The molecule has 0 aliphatic rings. The molecule has 0 radical (unpaired) electrons. The number of aliphatic hydroxyl groups is 1. The Labute approximate surface area is 180 Å². The SMILES string of the molecule is CC(O)c1ccccc1/C=C/[Si](c1ccccc1)(c1ccccc1)c1ccccc1. The molecule has 0 amide bonds. The van der Waals surface area contributed by atoms with Crippen LogP contribution < -0.4 is 15.6 Å². The zero-order chi connectivity index (χ0) is 20.8. The molecule has 2 heteroatoms. The second kappa shape index (κ2) is 9.08. The normalized spacial score (nSPS) is 12.7. The Morgan fingerprint density at radius 2 is 1.00 bits per heavy atom. The molecule has 0 aliphatic heterocycles. The van der Waals surface area contributed by atoms with Crippen molar-refractivity contribution in [3.8, 4) is 0 Å². The van der Waals surface area contributed by atoms with Crippen LogP contribution in [-0.4, -0.2) is 13.2 Å². The quantitative estimate of drug-likeness (QED) is 0.370.